The Morgan fingerprint density at radius 1 is 1.06 bits per heavy atom. The standard InChI is InChI=1S/C24H22ClN5OS/c1-15-10-11-19(25)13-20(15)27-23(31)17(3)32-24-29-28-22(18-8-6-12-26-14-18)30(24)21-9-5-4-7-16(21)2/h4-14,17H,1-3H3,(H,27,31). The van der Waals surface area contributed by atoms with E-state index in [0.29, 0.717) is 21.7 Å². The van der Waals surface area contributed by atoms with Crippen LogP contribution in [0.25, 0.3) is 17.1 Å². The fraction of sp³-hybridized carbons (Fsp3) is 0.167. The minimum absolute atomic E-state index is 0.136. The van der Waals surface area contributed by atoms with E-state index in [1.165, 1.54) is 11.8 Å². The lowest BCUT2D eigenvalue weighted by atomic mass is 10.2. The number of amides is 1. The minimum atomic E-state index is -0.415. The highest BCUT2D eigenvalue weighted by Crippen LogP contribution is 2.31. The van der Waals surface area contributed by atoms with Crippen molar-refractivity contribution in [1.82, 2.24) is 19.7 Å². The fourth-order valence-electron chi connectivity index (χ4n) is 3.23. The first-order valence-corrected chi connectivity index (χ1v) is 11.4. The van der Waals surface area contributed by atoms with Crippen molar-refractivity contribution in [3.05, 3.63) is 83.1 Å². The first-order chi connectivity index (χ1) is 15.4. The molecule has 0 aliphatic heterocycles. The molecule has 4 rings (SSSR count). The van der Waals surface area contributed by atoms with E-state index in [1.54, 1.807) is 24.5 Å². The van der Waals surface area contributed by atoms with Gasteiger partial charge in [-0.3, -0.25) is 14.3 Å². The predicted octanol–water partition coefficient (Wildman–Crippen LogP) is 5.72. The van der Waals surface area contributed by atoms with Crippen molar-refractivity contribution in [2.45, 2.75) is 31.2 Å². The zero-order valence-corrected chi connectivity index (χ0v) is 19.5. The van der Waals surface area contributed by atoms with Crippen molar-refractivity contribution >= 4 is 35.0 Å². The first kappa shape index (κ1) is 22.0. The highest BCUT2D eigenvalue weighted by molar-refractivity contribution is 8.00. The highest BCUT2D eigenvalue weighted by atomic mass is 35.5. The molecule has 32 heavy (non-hydrogen) atoms. The van der Waals surface area contributed by atoms with Crippen LogP contribution in [0.1, 0.15) is 18.1 Å². The summed E-state index contributed by atoms with van der Waals surface area (Å²) in [6, 6.07) is 17.3. The summed E-state index contributed by atoms with van der Waals surface area (Å²) < 4.78 is 1.98. The molecule has 0 aliphatic carbocycles. The third-order valence-electron chi connectivity index (χ3n) is 5.02. The average Bonchev–Trinajstić information content (AvgIpc) is 3.20. The zero-order chi connectivity index (χ0) is 22.7. The molecule has 6 nitrogen and oxygen atoms in total. The summed E-state index contributed by atoms with van der Waals surface area (Å²) in [5.41, 5.74) is 4.53. The van der Waals surface area contributed by atoms with E-state index >= 15 is 0 Å². The van der Waals surface area contributed by atoms with Crippen LogP contribution in [0, 0.1) is 13.8 Å². The first-order valence-electron chi connectivity index (χ1n) is 10.1. The van der Waals surface area contributed by atoms with Crippen LogP contribution in [-0.2, 0) is 4.79 Å². The maximum absolute atomic E-state index is 12.9. The molecule has 2 aromatic heterocycles. The number of anilines is 1. The van der Waals surface area contributed by atoms with Gasteiger partial charge in [0.1, 0.15) is 0 Å². The van der Waals surface area contributed by atoms with E-state index in [0.717, 1.165) is 22.4 Å². The Hall–Kier alpha value is -3.16. The van der Waals surface area contributed by atoms with Gasteiger partial charge >= 0.3 is 0 Å². The van der Waals surface area contributed by atoms with Crippen LogP contribution in [0.4, 0.5) is 5.69 Å². The van der Waals surface area contributed by atoms with Gasteiger partial charge in [0.15, 0.2) is 11.0 Å². The normalized spacial score (nSPS) is 11.9. The summed E-state index contributed by atoms with van der Waals surface area (Å²) in [4.78, 5) is 17.1. The molecular formula is C24H22ClN5OS. The molecule has 0 radical (unpaired) electrons. The Kier molecular flexibility index (Phi) is 6.58. The van der Waals surface area contributed by atoms with Crippen LogP contribution in [-0.4, -0.2) is 30.9 Å². The number of pyridine rings is 1. The topological polar surface area (TPSA) is 72.7 Å². The number of aromatic nitrogens is 4. The highest BCUT2D eigenvalue weighted by Gasteiger charge is 2.23. The zero-order valence-electron chi connectivity index (χ0n) is 17.9. The number of para-hydroxylation sites is 1. The molecule has 0 aliphatic rings. The van der Waals surface area contributed by atoms with E-state index in [-0.39, 0.29) is 5.91 Å². The van der Waals surface area contributed by atoms with E-state index in [2.05, 4.69) is 20.5 Å². The van der Waals surface area contributed by atoms with Crippen molar-refractivity contribution < 1.29 is 4.79 Å². The molecule has 2 aromatic carbocycles. The second-order valence-corrected chi connectivity index (χ2v) is 9.12. The molecule has 1 N–H and O–H groups in total. The van der Waals surface area contributed by atoms with E-state index in [9.17, 15) is 4.79 Å². The van der Waals surface area contributed by atoms with Crippen molar-refractivity contribution in [3.63, 3.8) is 0 Å². The molecule has 0 saturated heterocycles. The summed E-state index contributed by atoms with van der Waals surface area (Å²) in [6.07, 6.45) is 3.48. The summed E-state index contributed by atoms with van der Waals surface area (Å²) in [6.45, 7) is 5.81. The Morgan fingerprint density at radius 3 is 2.62 bits per heavy atom. The SMILES string of the molecule is Cc1ccc(Cl)cc1NC(=O)C(C)Sc1nnc(-c2cccnc2)n1-c1ccccc1C. The molecule has 0 bridgehead atoms. The van der Waals surface area contributed by atoms with Crippen molar-refractivity contribution in [3.8, 4) is 17.1 Å². The fourth-order valence-corrected chi connectivity index (χ4v) is 4.27. The van der Waals surface area contributed by atoms with Crippen molar-refractivity contribution in [2.24, 2.45) is 0 Å². The summed E-state index contributed by atoms with van der Waals surface area (Å²) in [7, 11) is 0. The number of carbonyl (C=O) groups excluding carboxylic acids is 1. The molecule has 4 aromatic rings. The van der Waals surface area contributed by atoms with E-state index in [4.69, 9.17) is 11.6 Å². The van der Waals surface area contributed by atoms with Gasteiger partial charge in [-0.15, -0.1) is 10.2 Å². The van der Waals surface area contributed by atoms with Crippen LogP contribution < -0.4 is 5.32 Å². The monoisotopic (exact) mass is 463 g/mol. The molecule has 1 atom stereocenters. The van der Waals surface area contributed by atoms with Crippen LogP contribution in [0.2, 0.25) is 5.02 Å². The number of nitrogens with one attached hydrogen (secondary N) is 1. The lowest BCUT2D eigenvalue weighted by Crippen LogP contribution is -2.23. The number of hydrogen-bond acceptors (Lipinski definition) is 5. The summed E-state index contributed by atoms with van der Waals surface area (Å²) in [5, 5.41) is 12.6. The van der Waals surface area contributed by atoms with Gasteiger partial charge in [0, 0.05) is 28.7 Å². The molecule has 0 spiro atoms. The molecular weight excluding hydrogens is 442 g/mol. The number of benzene rings is 2. The van der Waals surface area contributed by atoms with Gasteiger partial charge in [0.2, 0.25) is 5.91 Å². The molecule has 1 unspecified atom stereocenters. The van der Waals surface area contributed by atoms with Crippen LogP contribution in [0.15, 0.2) is 72.1 Å². The maximum Gasteiger partial charge on any atom is 0.237 e. The van der Waals surface area contributed by atoms with Gasteiger partial charge in [-0.2, -0.15) is 0 Å². The van der Waals surface area contributed by atoms with Crippen LogP contribution in [0.3, 0.4) is 0 Å². The molecule has 8 heteroatoms. The molecule has 0 fully saturated rings. The number of hydrogen-bond donors (Lipinski definition) is 1. The van der Waals surface area contributed by atoms with Crippen molar-refractivity contribution in [2.75, 3.05) is 5.32 Å². The van der Waals surface area contributed by atoms with E-state index < -0.39 is 5.25 Å². The maximum atomic E-state index is 12.9. The van der Waals surface area contributed by atoms with Crippen LogP contribution >= 0.6 is 23.4 Å². The number of rotatable bonds is 6. The number of thioether (sulfide) groups is 1. The summed E-state index contributed by atoms with van der Waals surface area (Å²) in [5.74, 6) is 0.538. The smallest absolute Gasteiger partial charge is 0.237 e. The second-order valence-electron chi connectivity index (χ2n) is 7.38. The number of halogens is 1. The molecule has 162 valence electrons. The van der Waals surface area contributed by atoms with Gasteiger partial charge in [0.05, 0.1) is 10.9 Å². The lowest BCUT2D eigenvalue weighted by Gasteiger charge is -2.16. The number of aryl methyl sites for hydroxylation is 2. The molecule has 0 saturated carbocycles. The lowest BCUT2D eigenvalue weighted by molar-refractivity contribution is -0.115. The third-order valence-corrected chi connectivity index (χ3v) is 6.30. The molecule has 2 heterocycles. The number of carbonyl (C=O) groups is 1. The Morgan fingerprint density at radius 2 is 1.88 bits per heavy atom. The number of nitrogens with zero attached hydrogens (tertiary/aromatic N) is 4. The Balaban J connectivity index is 1.66. The van der Waals surface area contributed by atoms with Crippen molar-refractivity contribution in [1.29, 1.82) is 0 Å². The Labute approximate surface area is 196 Å². The summed E-state index contributed by atoms with van der Waals surface area (Å²) >= 11 is 7.44. The van der Waals surface area contributed by atoms with Gasteiger partial charge in [0.25, 0.3) is 0 Å². The van der Waals surface area contributed by atoms with Gasteiger partial charge < -0.3 is 5.32 Å². The van der Waals surface area contributed by atoms with Gasteiger partial charge in [-0.1, -0.05) is 47.6 Å². The Bertz CT molecular complexity index is 1260. The largest absolute Gasteiger partial charge is 0.325 e. The minimum Gasteiger partial charge on any atom is -0.325 e. The second kappa shape index (κ2) is 9.54. The quantitative estimate of drug-likeness (QED) is 0.370. The van der Waals surface area contributed by atoms with Crippen LogP contribution in [0.5, 0.6) is 0 Å². The average molecular weight is 464 g/mol. The molecule has 1 amide bonds. The third kappa shape index (κ3) is 4.69. The predicted molar refractivity (Wildman–Crippen MR) is 129 cm³/mol. The van der Waals surface area contributed by atoms with E-state index in [1.807, 2.05) is 67.8 Å². The van der Waals surface area contributed by atoms with Gasteiger partial charge in [-0.05, 0) is 62.2 Å². The van der Waals surface area contributed by atoms with Gasteiger partial charge in [-0.25, -0.2) is 0 Å².